The SMILES string of the molecule is COc1cc(NC(=O)[C@H]2CC(=O)Nc3nncn32)cc(OC)c1. The fraction of sp³-hybridized carbons (Fsp3) is 0.286. The van der Waals surface area contributed by atoms with Crippen LogP contribution in [0.5, 0.6) is 11.5 Å². The number of rotatable bonds is 4. The number of fused-ring (bicyclic) bond motifs is 1. The maximum atomic E-state index is 12.5. The molecule has 0 radical (unpaired) electrons. The summed E-state index contributed by atoms with van der Waals surface area (Å²) < 4.78 is 11.9. The van der Waals surface area contributed by atoms with Crippen LogP contribution in [0.4, 0.5) is 11.6 Å². The summed E-state index contributed by atoms with van der Waals surface area (Å²) in [5.41, 5.74) is 0.506. The van der Waals surface area contributed by atoms with Crippen molar-refractivity contribution in [1.82, 2.24) is 14.8 Å². The van der Waals surface area contributed by atoms with Crippen LogP contribution in [0.1, 0.15) is 12.5 Å². The summed E-state index contributed by atoms with van der Waals surface area (Å²) in [6, 6.07) is 4.31. The van der Waals surface area contributed by atoms with Crippen molar-refractivity contribution in [2.24, 2.45) is 0 Å². The number of carbonyl (C=O) groups is 2. The summed E-state index contributed by atoms with van der Waals surface area (Å²) in [6.07, 6.45) is 1.42. The Kier molecular flexibility index (Phi) is 3.83. The second-order valence-corrected chi connectivity index (χ2v) is 4.92. The van der Waals surface area contributed by atoms with Crippen molar-refractivity contribution < 1.29 is 19.1 Å². The van der Waals surface area contributed by atoms with Crippen LogP contribution in [0.2, 0.25) is 0 Å². The largest absolute Gasteiger partial charge is 0.497 e. The van der Waals surface area contributed by atoms with Gasteiger partial charge in [0, 0.05) is 23.9 Å². The van der Waals surface area contributed by atoms with E-state index in [1.165, 1.54) is 25.1 Å². The monoisotopic (exact) mass is 317 g/mol. The Morgan fingerprint density at radius 3 is 2.65 bits per heavy atom. The first-order valence-electron chi connectivity index (χ1n) is 6.84. The van der Waals surface area contributed by atoms with Crippen molar-refractivity contribution in [3.63, 3.8) is 0 Å². The van der Waals surface area contributed by atoms with E-state index < -0.39 is 6.04 Å². The summed E-state index contributed by atoms with van der Waals surface area (Å²) >= 11 is 0. The fourth-order valence-electron chi connectivity index (χ4n) is 2.33. The van der Waals surface area contributed by atoms with E-state index in [-0.39, 0.29) is 24.2 Å². The maximum Gasteiger partial charge on any atom is 0.248 e. The first kappa shape index (κ1) is 14.8. The molecule has 0 saturated heterocycles. The van der Waals surface area contributed by atoms with Crippen LogP contribution >= 0.6 is 0 Å². The van der Waals surface area contributed by atoms with Gasteiger partial charge < -0.3 is 14.8 Å². The number of amides is 2. The topological polar surface area (TPSA) is 107 Å². The van der Waals surface area contributed by atoms with Crippen LogP contribution in [-0.4, -0.2) is 40.8 Å². The Labute approximate surface area is 131 Å². The van der Waals surface area contributed by atoms with Crippen molar-refractivity contribution >= 4 is 23.5 Å². The van der Waals surface area contributed by atoms with Gasteiger partial charge in [0.05, 0.1) is 20.6 Å². The van der Waals surface area contributed by atoms with E-state index in [1.807, 2.05) is 0 Å². The second kappa shape index (κ2) is 5.95. The first-order chi connectivity index (χ1) is 11.1. The highest BCUT2D eigenvalue weighted by atomic mass is 16.5. The quantitative estimate of drug-likeness (QED) is 0.864. The molecular weight excluding hydrogens is 302 g/mol. The Balaban J connectivity index is 1.84. The molecule has 9 heteroatoms. The molecule has 0 aliphatic carbocycles. The van der Waals surface area contributed by atoms with Crippen molar-refractivity contribution in [2.75, 3.05) is 24.9 Å². The third kappa shape index (κ3) is 2.93. The van der Waals surface area contributed by atoms with E-state index in [0.717, 1.165) is 0 Å². The molecule has 0 bridgehead atoms. The smallest absolute Gasteiger partial charge is 0.248 e. The van der Waals surface area contributed by atoms with Crippen molar-refractivity contribution in [3.05, 3.63) is 24.5 Å². The van der Waals surface area contributed by atoms with Crippen molar-refractivity contribution in [2.45, 2.75) is 12.5 Å². The van der Waals surface area contributed by atoms with E-state index in [0.29, 0.717) is 17.2 Å². The standard InChI is InChI=1S/C14H15N5O4/c1-22-9-3-8(4-10(5-9)23-2)16-13(21)11-6-12(20)17-14-18-15-7-19(11)14/h3-5,7,11H,6H2,1-2H3,(H,16,21)(H,17,18,20)/t11-/m1/s1. The average Bonchev–Trinajstić information content (AvgIpc) is 3.01. The van der Waals surface area contributed by atoms with Gasteiger partial charge in [0.2, 0.25) is 17.8 Å². The van der Waals surface area contributed by atoms with Crippen LogP contribution in [0.25, 0.3) is 0 Å². The van der Waals surface area contributed by atoms with Gasteiger partial charge in [0.25, 0.3) is 0 Å². The van der Waals surface area contributed by atoms with Gasteiger partial charge in [0.15, 0.2) is 0 Å². The zero-order valence-electron chi connectivity index (χ0n) is 12.6. The molecule has 1 aromatic heterocycles. The normalized spacial score (nSPS) is 16.3. The zero-order valence-corrected chi connectivity index (χ0v) is 12.6. The van der Waals surface area contributed by atoms with Gasteiger partial charge in [-0.1, -0.05) is 0 Å². The number of nitrogens with one attached hydrogen (secondary N) is 2. The van der Waals surface area contributed by atoms with Gasteiger partial charge in [0.1, 0.15) is 23.9 Å². The Bertz CT molecular complexity index is 735. The van der Waals surface area contributed by atoms with Gasteiger partial charge in [-0.25, -0.2) is 0 Å². The number of hydrogen-bond acceptors (Lipinski definition) is 6. The summed E-state index contributed by atoms with van der Waals surface area (Å²) in [7, 11) is 3.05. The molecule has 0 fully saturated rings. The van der Waals surface area contributed by atoms with Crippen LogP contribution in [0.15, 0.2) is 24.5 Å². The van der Waals surface area contributed by atoms with Crippen LogP contribution in [-0.2, 0) is 9.59 Å². The van der Waals surface area contributed by atoms with Crippen LogP contribution in [0.3, 0.4) is 0 Å². The number of aromatic nitrogens is 3. The molecule has 1 aliphatic rings. The minimum Gasteiger partial charge on any atom is -0.497 e. The molecule has 0 spiro atoms. The molecule has 2 aromatic rings. The number of hydrogen-bond donors (Lipinski definition) is 2. The molecular formula is C14H15N5O4. The van der Waals surface area contributed by atoms with E-state index in [2.05, 4.69) is 20.8 Å². The lowest BCUT2D eigenvalue weighted by atomic mass is 10.1. The zero-order chi connectivity index (χ0) is 16.4. The molecule has 3 rings (SSSR count). The lowest BCUT2D eigenvalue weighted by molar-refractivity contribution is -0.125. The number of nitrogens with zero attached hydrogens (tertiary/aromatic N) is 3. The first-order valence-corrected chi connectivity index (χ1v) is 6.84. The second-order valence-electron chi connectivity index (χ2n) is 4.92. The predicted octanol–water partition coefficient (Wildman–Crippen LogP) is 0.817. The average molecular weight is 317 g/mol. The molecule has 9 nitrogen and oxygen atoms in total. The molecule has 0 saturated carbocycles. The van der Waals surface area contributed by atoms with Gasteiger partial charge >= 0.3 is 0 Å². The summed E-state index contributed by atoms with van der Waals surface area (Å²) in [6.45, 7) is 0. The minimum atomic E-state index is -0.717. The van der Waals surface area contributed by atoms with Crippen LogP contribution in [0, 0.1) is 0 Å². The third-order valence-corrected chi connectivity index (χ3v) is 3.46. The molecule has 1 aromatic carbocycles. The van der Waals surface area contributed by atoms with Crippen molar-refractivity contribution in [3.8, 4) is 11.5 Å². The van der Waals surface area contributed by atoms with Gasteiger partial charge in [-0.05, 0) is 0 Å². The lowest BCUT2D eigenvalue weighted by Gasteiger charge is -2.23. The third-order valence-electron chi connectivity index (χ3n) is 3.46. The molecule has 23 heavy (non-hydrogen) atoms. The number of methoxy groups -OCH3 is 2. The molecule has 1 aliphatic heterocycles. The molecule has 2 amide bonds. The van der Waals surface area contributed by atoms with Gasteiger partial charge in [-0.3, -0.25) is 19.5 Å². The molecule has 2 N–H and O–H groups in total. The van der Waals surface area contributed by atoms with E-state index in [9.17, 15) is 9.59 Å². The number of anilines is 2. The maximum absolute atomic E-state index is 12.5. The van der Waals surface area contributed by atoms with Gasteiger partial charge in [-0.15, -0.1) is 10.2 Å². The summed E-state index contributed by atoms with van der Waals surface area (Å²) in [5.74, 6) is 0.715. The van der Waals surface area contributed by atoms with Gasteiger partial charge in [-0.2, -0.15) is 0 Å². The van der Waals surface area contributed by atoms with Crippen molar-refractivity contribution in [1.29, 1.82) is 0 Å². The summed E-state index contributed by atoms with van der Waals surface area (Å²) in [5, 5.41) is 12.8. The van der Waals surface area contributed by atoms with Crippen LogP contribution < -0.4 is 20.1 Å². The predicted molar refractivity (Wildman–Crippen MR) is 80.5 cm³/mol. The number of ether oxygens (including phenoxy) is 2. The molecule has 0 unspecified atom stereocenters. The lowest BCUT2D eigenvalue weighted by Crippen LogP contribution is -2.35. The Hall–Kier alpha value is -3.10. The van der Waals surface area contributed by atoms with E-state index in [1.54, 1.807) is 18.2 Å². The van der Waals surface area contributed by atoms with E-state index >= 15 is 0 Å². The Morgan fingerprint density at radius 2 is 2.00 bits per heavy atom. The molecule has 1 atom stereocenters. The number of benzene rings is 1. The Morgan fingerprint density at radius 1 is 1.30 bits per heavy atom. The minimum absolute atomic E-state index is 0.0119. The highest BCUT2D eigenvalue weighted by Gasteiger charge is 2.31. The van der Waals surface area contributed by atoms with E-state index in [4.69, 9.17) is 9.47 Å². The number of carbonyl (C=O) groups excluding carboxylic acids is 2. The molecule has 2 heterocycles. The molecule has 120 valence electrons. The highest BCUT2D eigenvalue weighted by molar-refractivity contribution is 6.00. The fourth-order valence-corrected chi connectivity index (χ4v) is 2.33. The summed E-state index contributed by atoms with van der Waals surface area (Å²) in [4.78, 5) is 24.2. The highest BCUT2D eigenvalue weighted by Crippen LogP contribution is 2.28.